The normalized spacial score (nSPS) is 11.5. The van der Waals surface area contributed by atoms with E-state index in [1.165, 1.54) is 0 Å². The van der Waals surface area contributed by atoms with Crippen LogP contribution in [0, 0.1) is 0 Å². The van der Waals surface area contributed by atoms with Gasteiger partial charge in [0.1, 0.15) is 0 Å². The van der Waals surface area contributed by atoms with Crippen molar-refractivity contribution < 1.29 is 9.90 Å². The van der Waals surface area contributed by atoms with Gasteiger partial charge in [0.25, 0.3) is 0 Å². The van der Waals surface area contributed by atoms with Gasteiger partial charge < -0.3 is 10.4 Å². The maximum absolute atomic E-state index is 10.8. The van der Waals surface area contributed by atoms with Crippen LogP contribution >= 0.6 is 0 Å². The van der Waals surface area contributed by atoms with E-state index in [-0.39, 0.29) is 5.54 Å². The third-order valence-electron chi connectivity index (χ3n) is 2.82. The summed E-state index contributed by atoms with van der Waals surface area (Å²) in [6.45, 7) is 7.19. The zero-order valence-corrected chi connectivity index (χ0v) is 10.8. The molecular weight excluding hydrogens is 214 g/mol. The highest BCUT2D eigenvalue weighted by Crippen LogP contribution is 2.13. The maximum Gasteiger partial charge on any atom is 0.335 e. The molecule has 0 heterocycles. The van der Waals surface area contributed by atoms with Crippen molar-refractivity contribution in [2.45, 2.75) is 45.7 Å². The lowest BCUT2D eigenvalue weighted by molar-refractivity contribution is 0.0697. The first-order chi connectivity index (χ1) is 7.94. The molecule has 1 rings (SSSR count). The van der Waals surface area contributed by atoms with E-state index in [2.05, 4.69) is 26.1 Å². The summed E-state index contributed by atoms with van der Waals surface area (Å²) in [7, 11) is 0. The van der Waals surface area contributed by atoms with Crippen LogP contribution in [0.4, 0.5) is 0 Å². The second-order valence-electron chi connectivity index (χ2n) is 4.99. The second kappa shape index (κ2) is 5.82. The number of nitrogens with one attached hydrogen (secondary N) is 1. The van der Waals surface area contributed by atoms with Gasteiger partial charge >= 0.3 is 5.97 Å². The van der Waals surface area contributed by atoms with Crippen LogP contribution in [-0.4, -0.2) is 16.6 Å². The Labute approximate surface area is 103 Å². The summed E-state index contributed by atoms with van der Waals surface area (Å²) in [5, 5.41) is 12.4. The first kappa shape index (κ1) is 13.7. The van der Waals surface area contributed by atoms with E-state index in [0.29, 0.717) is 12.1 Å². The quantitative estimate of drug-likeness (QED) is 0.796. The lowest BCUT2D eigenvalue weighted by Crippen LogP contribution is -2.38. The van der Waals surface area contributed by atoms with Crippen LogP contribution < -0.4 is 5.32 Å². The zero-order valence-electron chi connectivity index (χ0n) is 10.8. The van der Waals surface area contributed by atoms with Gasteiger partial charge in [-0.15, -0.1) is 0 Å². The molecule has 0 aliphatic rings. The molecule has 0 amide bonds. The summed E-state index contributed by atoms with van der Waals surface area (Å²) in [6.07, 6.45) is 2.24. The molecule has 0 fully saturated rings. The van der Waals surface area contributed by atoms with Crippen molar-refractivity contribution in [2.24, 2.45) is 0 Å². The summed E-state index contributed by atoms with van der Waals surface area (Å²) in [5.74, 6) is -0.875. The summed E-state index contributed by atoms with van der Waals surface area (Å²) in [4.78, 5) is 10.8. The number of carboxylic acid groups (broad SMARTS) is 1. The van der Waals surface area contributed by atoms with Crippen molar-refractivity contribution in [1.29, 1.82) is 0 Å². The fraction of sp³-hybridized carbons (Fsp3) is 0.500. The maximum atomic E-state index is 10.8. The molecule has 0 saturated carbocycles. The van der Waals surface area contributed by atoms with Gasteiger partial charge in [0.2, 0.25) is 0 Å². The molecule has 3 heteroatoms. The van der Waals surface area contributed by atoms with Crippen LogP contribution in [0.3, 0.4) is 0 Å². The Bertz CT molecular complexity index is 386. The lowest BCUT2D eigenvalue weighted by Gasteiger charge is -2.26. The molecule has 0 atom stereocenters. The van der Waals surface area contributed by atoms with Gasteiger partial charge in [-0.1, -0.05) is 25.5 Å². The predicted molar refractivity (Wildman–Crippen MR) is 69.2 cm³/mol. The third kappa shape index (κ3) is 4.57. The predicted octanol–water partition coefficient (Wildman–Crippen LogP) is 3.05. The average Bonchev–Trinajstić information content (AvgIpc) is 2.27. The Morgan fingerprint density at radius 3 is 2.71 bits per heavy atom. The number of carbonyl (C=O) groups is 1. The van der Waals surface area contributed by atoms with Crippen LogP contribution in [0.25, 0.3) is 0 Å². The highest BCUT2D eigenvalue weighted by Gasteiger charge is 2.15. The Hall–Kier alpha value is -1.35. The van der Waals surface area contributed by atoms with Gasteiger partial charge in [0.15, 0.2) is 0 Å². The van der Waals surface area contributed by atoms with Gasteiger partial charge in [-0.3, -0.25) is 0 Å². The topological polar surface area (TPSA) is 49.3 Å². The fourth-order valence-corrected chi connectivity index (χ4v) is 1.87. The lowest BCUT2D eigenvalue weighted by atomic mass is 9.98. The number of carboxylic acids is 1. The summed E-state index contributed by atoms with van der Waals surface area (Å²) in [5.41, 5.74) is 1.44. The Balaban J connectivity index is 2.63. The number of aromatic carboxylic acids is 1. The highest BCUT2D eigenvalue weighted by molar-refractivity contribution is 5.87. The molecule has 94 valence electrons. The monoisotopic (exact) mass is 235 g/mol. The first-order valence-electron chi connectivity index (χ1n) is 6.02. The zero-order chi connectivity index (χ0) is 12.9. The molecule has 0 aromatic heterocycles. The van der Waals surface area contributed by atoms with Crippen molar-refractivity contribution in [3.63, 3.8) is 0 Å². The van der Waals surface area contributed by atoms with E-state index in [0.717, 1.165) is 18.4 Å². The minimum absolute atomic E-state index is 0.0912. The van der Waals surface area contributed by atoms with Crippen LogP contribution in [0.2, 0.25) is 0 Å². The van der Waals surface area contributed by atoms with Gasteiger partial charge in [-0.05, 0) is 38.0 Å². The van der Waals surface area contributed by atoms with Crippen LogP contribution in [0.5, 0.6) is 0 Å². The molecule has 0 saturated heterocycles. The molecule has 0 bridgehead atoms. The van der Waals surface area contributed by atoms with E-state index in [1.807, 2.05) is 6.07 Å². The Morgan fingerprint density at radius 2 is 2.12 bits per heavy atom. The van der Waals surface area contributed by atoms with E-state index in [9.17, 15) is 4.79 Å². The molecule has 0 aliphatic carbocycles. The fourth-order valence-electron chi connectivity index (χ4n) is 1.87. The van der Waals surface area contributed by atoms with Crippen molar-refractivity contribution in [3.05, 3.63) is 35.4 Å². The van der Waals surface area contributed by atoms with Crippen LogP contribution in [-0.2, 0) is 6.54 Å². The molecule has 17 heavy (non-hydrogen) atoms. The smallest absolute Gasteiger partial charge is 0.335 e. The highest BCUT2D eigenvalue weighted by atomic mass is 16.4. The molecule has 0 aliphatic heterocycles. The van der Waals surface area contributed by atoms with Crippen molar-refractivity contribution >= 4 is 5.97 Å². The van der Waals surface area contributed by atoms with Crippen LogP contribution in [0.1, 0.15) is 49.5 Å². The van der Waals surface area contributed by atoms with Gasteiger partial charge in [-0.25, -0.2) is 4.79 Å². The summed E-state index contributed by atoms with van der Waals surface area (Å²) in [6, 6.07) is 7.06. The molecule has 1 aromatic carbocycles. The second-order valence-corrected chi connectivity index (χ2v) is 4.99. The Kier molecular flexibility index (Phi) is 4.70. The van der Waals surface area contributed by atoms with Crippen molar-refractivity contribution in [2.75, 3.05) is 0 Å². The molecule has 0 unspecified atom stereocenters. The minimum Gasteiger partial charge on any atom is -0.478 e. The number of benzene rings is 1. The van der Waals surface area contributed by atoms with E-state index in [1.54, 1.807) is 18.2 Å². The molecule has 0 spiro atoms. The van der Waals surface area contributed by atoms with Gasteiger partial charge in [0, 0.05) is 12.1 Å². The van der Waals surface area contributed by atoms with Gasteiger partial charge in [0.05, 0.1) is 5.56 Å². The average molecular weight is 235 g/mol. The molecule has 1 aromatic rings. The minimum atomic E-state index is -0.875. The molecule has 3 nitrogen and oxygen atoms in total. The van der Waals surface area contributed by atoms with Crippen molar-refractivity contribution in [1.82, 2.24) is 5.32 Å². The van der Waals surface area contributed by atoms with Crippen molar-refractivity contribution in [3.8, 4) is 0 Å². The Morgan fingerprint density at radius 1 is 1.41 bits per heavy atom. The first-order valence-corrected chi connectivity index (χ1v) is 6.02. The summed E-state index contributed by atoms with van der Waals surface area (Å²) >= 11 is 0. The number of hydrogen-bond acceptors (Lipinski definition) is 2. The molecule has 2 N–H and O–H groups in total. The SMILES string of the molecule is CCCC(C)(C)NCc1cccc(C(=O)O)c1. The van der Waals surface area contributed by atoms with Gasteiger partial charge in [-0.2, -0.15) is 0 Å². The largest absolute Gasteiger partial charge is 0.478 e. The number of rotatable bonds is 6. The number of hydrogen-bond donors (Lipinski definition) is 2. The molecular formula is C14H21NO2. The summed E-state index contributed by atoms with van der Waals surface area (Å²) < 4.78 is 0. The van der Waals surface area contributed by atoms with E-state index in [4.69, 9.17) is 5.11 Å². The standard InChI is InChI=1S/C14H21NO2/c1-4-8-14(2,3)15-10-11-6-5-7-12(9-11)13(16)17/h5-7,9,15H,4,8,10H2,1-3H3,(H,16,17). The molecule has 0 radical (unpaired) electrons. The third-order valence-corrected chi connectivity index (χ3v) is 2.82. The van der Waals surface area contributed by atoms with Crippen LogP contribution in [0.15, 0.2) is 24.3 Å². The van der Waals surface area contributed by atoms with E-state index < -0.39 is 5.97 Å². The van der Waals surface area contributed by atoms with E-state index >= 15 is 0 Å².